The summed E-state index contributed by atoms with van der Waals surface area (Å²) in [6, 6.07) is 12.4. The van der Waals surface area contributed by atoms with E-state index < -0.39 is 10.0 Å². The van der Waals surface area contributed by atoms with Crippen LogP contribution >= 0.6 is 11.3 Å². The maximum atomic E-state index is 13.2. The molecule has 0 radical (unpaired) electrons. The fraction of sp³-hybridized carbons (Fsp3) is 0.227. The Bertz CT molecular complexity index is 1430. The fourth-order valence-corrected chi connectivity index (χ4v) is 5.92. The predicted octanol–water partition coefficient (Wildman–Crippen LogP) is 4.11. The third-order valence-electron chi connectivity index (χ3n) is 5.48. The summed E-state index contributed by atoms with van der Waals surface area (Å²) in [5, 5.41) is 3.42. The number of H-pyrrole nitrogens is 1. The number of nitrogens with one attached hydrogen (secondary N) is 2. The van der Waals surface area contributed by atoms with Gasteiger partial charge in [-0.15, -0.1) is 11.3 Å². The number of fused-ring (bicyclic) bond motifs is 3. The highest BCUT2D eigenvalue weighted by Crippen LogP contribution is 2.42. The highest BCUT2D eigenvalue weighted by atomic mass is 32.2. The summed E-state index contributed by atoms with van der Waals surface area (Å²) >= 11 is 1.36. The van der Waals surface area contributed by atoms with Gasteiger partial charge in [-0.1, -0.05) is 18.2 Å². The van der Waals surface area contributed by atoms with E-state index in [-0.39, 0.29) is 10.5 Å². The van der Waals surface area contributed by atoms with Gasteiger partial charge in [0.1, 0.15) is 10.4 Å². The van der Waals surface area contributed by atoms with E-state index in [0.717, 1.165) is 23.6 Å². The summed E-state index contributed by atoms with van der Waals surface area (Å²) in [6.45, 7) is 0.450. The molecule has 0 amide bonds. The lowest BCUT2D eigenvalue weighted by Crippen LogP contribution is -2.26. The average molecular weight is 441 g/mol. The molecule has 0 aliphatic heterocycles. The van der Waals surface area contributed by atoms with E-state index in [0.29, 0.717) is 39.6 Å². The van der Waals surface area contributed by atoms with Crippen LogP contribution in [0.5, 0.6) is 5.75 Å². The largest absolute Gasteiger partial charge is 0.496 e. The van der Waals surface area contributed by atoms with Crippen LogP contribution in [-0.4, -0.2) is 27.1 Å². The number of methoxy groups -OCH3 is 1. The monoisotopic (exact) mass is 440 g/mol. The number of rotatable bonds is 6. The van der Waals surface area contributed by atoms with Crippen LogP contribution in [0, 0.1) is 5.92 Å². The molecule has 2 N–H and O–H groups in total. The summed E-state index contributed by atoms with van der Waals surface area (Å²) in [5.41, 5.74) is 1.68. The summed E-state index contributed by atoms with van der Waals surface area (Å²) < 4.78 is 35.3. The Kier molecular flexibility index (Phi) is 4.65. The van der Waals surface area contributed by atoms with Gasteiger partial charge < -0.3 is 9.72 Å². The van der Waals surface area contributed by atoms with Crippen molar-refractivity contribution in [1.82, 2.24) is 9.71 Å². The third-order valence-corrected chi connectivity index (χ3v) is 7.88. The second-order valence-corrected chi connectivity index (χ2v) is 10.1. The van der Waals surface area contributed by atoms with Gasteiger partial charge in [-0.05, 0) is 48.4 Å². The Balaban J connectivity index is 1.82. The average Bonchev–Trinajstić information content (AvgIpc) is 3.45. The van der Waals surface area contributed by atoms with E-state index in [9.17, 15) is 13.2 Å². The van der Waals surface area contributed by atoms with E-state index in [4.69, 9.17) is 4.74 Å². The molecule has 6 nitrogen and oxygen atoms in total. The minimum atomic E-state index is -3.71. The number of aromatic amines is 1. The quantitative estimate of drug-likeness (QED) is 0.472. The molecule has 30 heavy (non-hydrogen) atoms. The van der Waals surface area contributed by atoms with Crippen molar-refractivity contribution >= 4 is 42.3 Å². The Labute approximate surface area is 177 Å². The molecular weight excluding hydrogens is 420 g/mol. The van der Waals surface area contributed by atoms with Crippen molar-refractivity contribution < 1.29 is 13.2 Å². The van der Waals surface area contributed by atoms with Crippen LogP contribution in [-0.2, 0) is 10.0 Å². The second-order valence-electron chi connectivity index (χ2n) is 7.47. The zero-order valence-electron chi connectivity index (χ0n) is 16.3. The molecule has 0 atom stereocenters. The predicted molar refractivity (Wildman–Crippen MR) is 120 cm³/mol. The molecule has 2 aromatic carbocycles. The van der Waals surface area contributed by atoms with Gasteiger partial charge in [0.15, 0.2) is 0 Å². The molecule has 2 aromatic heterocycles. The molecule has 0 bridgehead atoms. The number of hydrogen-bond acceptors (Lipinski definition) is 5. The van der Waals surface area contributed by atoms with Gasteiger partial charge in [0.2, 0.25) is 10.0 Å². The van der Waals surface area contributed by atoms with Gasteiger partial charge in [-0.25, -0.2) is 13.1 Å². The number of hydrogen-bond donors (Lipinski definition) is 2. The van der Waals surface area contributed by atoms with Crippen LogP contribution in [0.3, 0.4) is 0 Å². The lowest BCUT2D eigenvalue weighted by molar-refractivity contribution is 0.417. The van der Waals surface area contributed by atoms with Crippen molar-refractivity contribution in [3.63, 3.8) is 0 Å². The number of aromatic nitrogens is 1. The molecule has 1 fully saturated rings. The van der Waals surface area contributed by atoms with Gasteiger partial charge in [-0.2, -0.15) is 0 Å². The molecule has 1 saturated carbocycles. The molecule has 2 heterocycles. The van der Waals surface area contributed by atoms with Crippen molar-refractivity contribution in [2.75, 3.05) is 13.7 Å². The van der Waals surface area contributed by atoms with E-state index >= 15 is 0 Å². The molecule has 0 spiro atoms. The summed E-state index contributed by atoms with van der Waals surface area (Å²) in [6.07, 6.45) is 2.12. The zero-order valence-corrected chi connectivity index (χ0v) is 17.9. The summed E-state index contributed by atoms with van der Waals surface area (Å²) in [5.74, 6) is 0.974. The highest BCUT2D eigenvalue weighted by molar-refractivity contribution is 7.89. The smallest absolute Gasteiger partial charge is 0.266 e. The lowest BCUT2D eigenvalue weighted by atomic mass is 9.97. The Morgan fingerprint density at radius 3 is 2.73 bits per heavy atom. The van der Waals surface area contributed by atoms with E-state index in [1.807, 2.05) is 17.5 Å². The van der Waals surface area contributed by atoms with Crippen LogP contribution in [0.25, 0.3) is 32.1 Å². The normalized spacial score (nSPS) is 14.4. The second kappa shape index (κ2) is 7.23. The Hall–Kier alpha value is -2.68. The number of thiophene rings is 1. The zero-order chi connectivity index (χ0) is 20.9. The fourth-order valence-electron chi connectivity index (χ4n) is 3.80. The van der Waals surface area contributed by atoms with Crippen molar-refractivity contribution in [3.05, 3.63) is 58.2 Å². The van der Waals surface area contributed by atoms with Crippen molar-refractivity contribution in [2.45, 2.75) is 17.7 Å². The number of benzene rings is 2. The van der Waals surface area contributed by atoms with Gasteiger partial charge >= 0.3 is 0 Å². The van der Waals surface area contributed by atoms with Crippen LogP contribution < -0.4 is 15.0 Å². The van der Waals surface area contributed by atoms with E-state index in [1.165, 1.54) is 11.3 Å². The van der Waals surface area contributed by atoms with Gasteiger partial charge in [0.05, 0.1) is 12.0 Å². The molecular formula is C22H20N2O4S2. The standard InChI is InChI=1S/C22H20N2O4S2/c1-28-17-9-8-16-19(15-10-11-29-21(15)22(25)24-16)20(17)14-4-2-3-5-18(14)30(26,27)23-12-13-6-7-13/h2-5,8-11,13,23H,6-7,12H2,1H3,(H,24,25). The number of ether oxygens (including phenoxy) is 1. The van der Waals surface area contributed by atoms with Gasteiger partial charge in [0.25, 0.3) is 5.56 Å². The van der Waals surface area contributed by atoms with Crippen LogP contribution in [0.4, 0.5) is 0 Å². The first kappa shape index (κ1) is 19.3. The maximum Gasteiger partial charge on any atom is 0.266 e. The summed E-state index contributed by atoms with van der Waals surface area (Å²) in [7, 11) is -2.15. The Morgan fingerprint density at radius 2 is 1.97 bits per heavy atom. The van der Waals surface area contributed by atoms with Gasteiger partial charge in [-0.3, -0.25) is 4.79 Å². The molecule has 0 saturated heterocycles. The number of pyridine rings is 1. The summed E-state index contributed by atoms with van der Waals surface area (Å²) in [4.78, 5) is 15.6. The first-order valence-corrected chi connectivity index (χ1v) is 12.0. The first-order chi connectivity index (χ1) is 14.5. The molecule has 0 unspecified atom stereocenters. The van der Waals surface area contributed by atoms with Crippen LogP contribution in [0.2, 0.25) is 0 Å². The third kappa shape index (κ3) is 3.21. The molecule has 8 heteroatoms. The van der Waals surface area contributed by atoms with Crippen molar-refractivity contribution in [2.24, 2.45) is 5.92 Å². The lowest BCUT2D eigenvalue weighted by Gasteiger charge is -2.17. The van der Waals surface area contributed by atoms with E-state index in [1.54, 1.807) is 37.4 Å². The first-order valence-electron chi connectivity index (χ1n) is 9.69. The van der Waals surface area contributed by atoms with E-state index in [2.05, 4.69) is 9.71 Å². The molecule has 1 aliphatic rings. The maximum absolute atomic E-state index is 13.2. The SMILES string of the molecule is COc1ccc2[nH]c(=O)c3sccc3c2c1-c1ccccc1S(=O)(=O)NCC1CC1. The highest BCUT2D eigenvalue weighted by Gasteiger charge is 2.27. The molecule has 1 aliphatic carbocycles. The molecule has 154 valence electrons. The minimum absolute atomic E-state index is 0.157. The number of sulfonamides is 1. The minimum Gasteiger partial charge on any atom is -0.496 e. The molecule has 4 aromatic rings. The van der Waals surface area contributed by atoms with Crippen molar-refractivity contribution in [3.8, 4) is 16.9 Å². The van der Waals surface area contributed by atoms with Crippen molar-refractivity contribution in [1.29, 1.82) is 0 Å². The topological polar surface area (TPSA) is 88.3 Å². The van der Waals surface area contributed by atoms with Gasteiger partial charge in [0, 0.05) is 34.0 Å². The van der Waals surface area contributed by atoms with Crippen LogP contribution in [0.15, 0.2) is 57.5 Å². The Morgan fingerprint density at radius 1 is 1.17 bits per heavy atom. The van der Waals surface area contributed by atoms with Crippen LogP contribution in [0.1, 0.15) is 12.8 Å². The molecule has 5 rings (SSSR count).